The Labute approximate surface area is 82.0 Å². The summed E-state index contributed by atoms with van der Waals surface area (Å²) in [6.45, 7) is 1.89. The monoisotopic (exact) mass is 191 g/mol. The molecule has 0 radical (unpaired) electrons. The van der Waals surface area contributed by atoms with Gasteiger partial charge in [0.2, 0.25) is 0 Å². The summed E-state index contributed by atoms with van der Waals surface area (Å²) in [5.41, 5.74) is 0.307. The number of carbonyl (C=O) groups is 1. The van der Waals surface area contributed by atoms with Gasteiger partial charge >= 0.3 is 0 Å². The van der Waals surface area contributed by atoms with Crippen molar-refractivity contribution in [2.75, 3.05) is 0 Å². The Morgan fingerprint density at radius 1 is 1.57 bits per heavy atom. The quantitative estimate of drug-likeness (QED) is 0.689. The first-order chi connectivity index (χ1) is 6.69. The van der Waals surface area contributed by atoms with Gasteiger partial charge in [0.25, 0.3) is 0 Å². The highest BCUT2D eigenvalue weighted by atomic mass is 19.1. The molecule has 0 saturated carbocycles. The third kappa shape index (κ3) is 2.17. The first kappa shape index (κ1) is 10.4. The fraction of sp³-hybridized carbons (Fsp3) is 0.273. The minimum absolute atomic E-state index is 0.0296. The standard InChI is InChI=1S/C11H10FNO/c1-2-3-11(14)8-4-5-9(7-13)10(12)6-8/h4-6H,2-3H2,1H3. The Morgan fingerprint density at radius 3 is 2.79 bits per heavy atom. The highest BCUT2D eigenvalue weighted by Gasteiger charge is 2.08. The van der Waals surface area contributed by atoms with E-state index < -0.39 is 5.82 Å². The van der Waals surface area contributed by atoms with E-state index in [1.54, 1.807) is 6.07 Å². The summed E-state index contributed by atoms with van der Waals surface area (Å²) in [4.78, 5) is 11.3. The number of nitriles is 1. The molecular formula is C11H10FNO. The summed E-state index contributed by atoms with van der Waals surface area (Å²) < 4.78 is 13.1. The molecule has 1 aromatic rings. The predicted molar refractivity (Wildman–Crippen MR) is 50.4 cm³/mol. The first-order valence-electron chi connectivity index (χ1n) is 4.42. The molecular weight excluding hydrogens is 181 g/mol. The minimum atomic E-state index is -0.630. The number of rotatable bonds is 3. The summed E-state index contributed by atoms with van der Waals surface area (Å²) in [7, 11) is 0. The smallest absolute Gasteiger partial charge is 0.162 e. The molecule has 0 aromatic heterocycles. The maximum Gasteiger partial charge on any atom is 0.162 e. The van der Waals surface area contributed by atoms with E-state index in [4.69, 9.17) is 5.26 Å². The molecule has 0 fully saturated rings. The minimum Gasteiger partial charge on any atom is -0.294 e. The summed E-state index contributed by atoms with van der Waals surface area (Å²) >= 11 is 0. The van der Waals surface area contributed by atoms with Crippen LogP contribution in [-0.2, 0) is 0 Å². The molecule has 0 aliphatic rings. The lowest BCUT2D eigenvalue weighted by Gasteiger charge is -1.99. The predicted octanol–water partition coefficient (Wildman–Crippen LogP) is 2.68. The van der Waals surface area contributed by atoms with E-state index in [9.17, 15) is 9.18 Å². The number of halogens is 1. The van der Waals surface area contributed by atoms with Gasteiger partial charge in [-0.05, 0) is 24.6 Å². The van der Waals surface area contributed by atoms with Gasteiger partial charge < -0.3 is 0 Å². The van der Waals surface area contributed by atoms with Gasteiger partial charge in [0, 0.05) is 12.0 Å². The van der Waals surface area contributed by atoms with E-state index in [2.05, 4.69) is 0 Å². The van der Waals surface area contributed by atoms with Gasteiger partial charge in [0.15, 0.2) is 5.78 Å². The van der Waals surface area contributed by atoms with Crippen LogP contribution in [0.25, 0.3) is 0 Å². The van der Waals surface area contributed by atoms with Crippen LogP contribution in [0.3, 0.4) is 0 Å². The molecule has 0 N–H and O–H groups in total. The summed E-state index contributed by atoms with van der Waals surface area (Å²) in [6, 6.07) is 5.65. The van der Waals surface area contributed by atoms with Crippen LogP contribution in [0.2, 0.25) is 0 Å². The molecule has 2 nitrogen and oxygen atoms in total. The van der Waals surface area contributed by atoms with E-state index >= 15 is 0 Å². The van der Waals surface area contributed by atoms with Crippen molar-refractivity contribution in [2.24, 2.45) is 0 Å². The molecule has 0 bridgehead atoms. The van der Waals surface area contributed by atoms with Gasteiger partial charge in [-0.3, -0.25) is 4.79 Å². The lowest BCUT2D eigenvalue weighted by Crippen LogP contribution is -1.99. The van der Waals surface area contributed by atoms with E-state index in [1.807, 2.05) is 6.92 Å². The molecule has 0 atom stereocenters. The van der Waals surface area contributed by atoms with Gasteiger partial charge in [-0.1, -0.05) is 6.92 Å². The maximum atomic E-state index is 13.1. The zero-order valence-electron chi connectivity index (χ0n) is 7.88. The lowest BCUT2D eigenvalue weighted by atomic mass is 10.1. The second-order valence-electron chi connectivity index (χ2n) is 2.98. The van der Waals surface area contributed by atoms with E-state index in [1.165, 1.54) is 12.1 Å². The zero-order valence-corrected chi connectivity index (χ0v) is 7.88. The van der Waals surface area contributed by atoms with Gasteiger partial charge in [-0.25, -0.2) is 4.39 Å². The second kappa shape index (κ2) is 4.52. The third-order valence-electron chi connectivity index (χ3n) is 1.89. The number of ketones is 1. The number of carbonyl (C=O) groups excluding carboxylic acids is 1. The van der Waals surface area contributed by atoms with Gasteiger partial charge in [-0.2, -0.15) is 5.26 Å². The Hall–Kier alpha value is -1.69. The molecule has 1 rings (SSSR count). The molecule has 1 aromatic carbocycles. The summed E-state index contributed by atoms with van der Waals surface area (Å²) in [6.07, 6.45) is 1.14. The van der Waals surface area contributed by atoms with Crippen LogP contribution in [0.5, 0.6) is 0 Å². The van der Waals surface area contributed by atoms with Gasteiger partial charge in [0.1, 0.15) is 11.9 Å². The maximum absolute atomic E-state index is 13.1. The fourth-order valence-electron chi connectivity index (χ4n) is 1.15. The van der Waals surface area contributed by atoms with E-state index in [0.29, 0.717) is 12.0 Å². The summed E-state index contributed by atoms with van der Waals surface area (Å²) in [5.74, 6) is -0.717. The second-order valence-corrected chi connectivity index (χ2v) is 2.98. The van der Waals surface area contributed by atoms with Crippen molar-refractivity contribution >= 4 is 5.78 Å². The largest absolute Gasteiger partial charge is 0.294 e. The average molecular weight is 191 g/mol. The lowest BCUT2D eigenvalue weighted by molar-refractivity contribution is 0.0981. The molecule has 0 spiro atoms. The molecule has 3 heteroatoms. The topological polar surface area (TPSA) is 40.9 Å². The number of nitrogens with zero attached hydrogens (tertiary/aromatic N) is 1. The number of benzene rings is 1. The first-order valence-corrected chi connectivity index (χ1v) is 4.42. The Kier molecular flexibility index (Phi) is 3.35. The van der Waals surface area contributed by atoms with Crippen LogP contribution in [0.4, 0.5) is 4.39 Å². The Bertz CT molecular complexity index is 393. The highest BCUT2D eigenvalue weighted by molar-refractivity contribution is 5.96. The number of hydrogen-bond donors (Lipinski definition) is 0. The van der Waals surface area contributed by atoms with Crippen LogP contribution < -0.4 is 0 Å². The molecule has 72 valence electrons. The van der Waals surface area contributed by atoms with Crippen molar-refractivity contribution in [3.63, 3.8) is 0 Å². The van der Waals surface area contributed by atoms with Crippen molar-refractivity contribution < 1.29 is 9.18 Å². The van der Waals surface area contributed by atoms with Gasteiger partial charge in [-0.15, -0.1) is 0 Å². The normalized spacial score (nSPS) is 9.50. The van der Waals surface area contributed by atoms with Crippen molar-refractivity contribution in [1.82, 2.24) is 0 Å². The average Bonchev–Trinajstić information content (AvgIpc) is 2.18. The van der Waals surface area contributed by atoms with E-state index in [0.717, 1.165) is 12.5 Å². The van der Waals surface area contributed by atoms with Gasteiger partial charge in [0.05, 0.1) is 5.56 Å². The van der Waals surface area contributed by atoms with Crippen molar-refractivity contribution in [2.45, 2.75) is 19.8 Å². The Balaban J connectivity index is 2.98. The molecule has 0 aliphatic carbocycles. The van der Waals surface area contributed by atoms with Crippen LogP contribution in [0.1, 0.15) is 35.7 Å². The van der Waals surface area contributed by atoms with Crippen molar-refractivity contribution in [3.8, 4) is 6.07 Å². The number of hydrogen-bond acceptors (Lipinski definition) is 2. The molecule has 0 heterocycles. The van der Waals surface area contributed by atoms with Crippen LogP contribution >= 0.6 is 0 Å². The summed E-state index contributed by atoms with van der Waals surface area (Å²) in [5, 5.41) is 8.48. The van der Waals surface area contributed by atoms with E-state index in [-0.39, 0.29) is 11.3 Å². The highest BCUT2D eigenvalue weighted by Crippen LogP contribution is 2.11. The third-order valence-corrected chi connectivity index (χ3v) is 1.89. The molecule has 0 unspecified atom stereocenters. The van der Waals surface area contributed by atoms with Crippen molar-refractivity contribution in [3.05, 3.63) is 35.1 Å². The van der Waals surface area contributed by atoms with Crippen LogP contribution in [-0.4, -0.2) is 5.78 Å². The van der Waals surface area contributed by atoms with Crippen LogP contribution in [0, 0.1) is 17.1 Å². The van der Waals surface area contributed by atoms with Crippen LogP contribution in [0.15, 0.2) is 18.2 Å². The fourth-order valence-corrected chi connectivity index (χ4v) is 1.15. The van der Waals surface area contributed by atoms with Crippen molar-refractivity contribution in [1.29, 1.82) is 5.26 Å². The number of Topliss-reactive ketones (excluding diaryl/α,β-unsaturated/α-hetero) is 1. The molecule has 0 amide bonds. The Morgan fingerprint density at radius 2 is 2.29 bits per heavy atom. The SMILES string of the molecule is CCCC(=O)c1ccc(C#N)c(F)c1. The molecule has 14 heavy (non-hydrogen) atoms. The molecule has 0 saturated heterocycles. The molecule has 0 aliphatic heterocycles. The zero-order chi connectivity index (χ0) is 10.6.